The van der Waals surface area contributed by atoms with Crippen molar-refractivity contribution in [1.29, 1.82) is 0 Å². The van der Waals surface area contributed by atoms with E-state index in [1.807, 2.05) is 32.9 Å². The van der Waals surface area contributed by atoms with Crippen LogP contribution in [0.5, 0.6) is 0 Å². The molecule has 0 aliphatic carbocycles. The number of H-pyrrole nitrogens is 1. The van der Waals surface area contributed by atoms with Crippen LogP contribution in [0.2, 0.25) is 0 Å². The fraction of sp³-hybridized carbons (Fsp3) is 0.500. The third-order valence-electron chi connectivity index (χ3n) is 1.33. The maximum absolute atomic E-state index is 11.6. The summed E-state index contributed by atoms with van der Waals surface area (Å²) in [5.41, 5.74) is 0. The van der Waals surface area contributed by atoms with Crippen LogP contribution in [-0.2, 0) is 11.2 Å². The minimum Gasteiger partial charge on any atom is -0.610 e. The molecule has 1 atom stereocenters. The molecule has 62 valence electrons. The van der Waals surface area contributed by atoms with Crippen molar-refractivity contribution >= 4 is 11.2 Å². The van der Waals surface area contributed by atoms with Gasteiger partial charge in [0.25, 0.3) is 0 Å². The van der Waals surface area contributed by atoms with Gasteiger partial charge in [0.1, 0.15) is 4.75 Å². The Kier molecular flexibility index (Phi) is 2.30. The van der Waals surface area contributed by atoms with Gasteiger partial charge in [0.2, 0.25) is 5.03 Å². The Hall–Kier alpha value is -0.410. The van der Waals surface area contributed by atoms with Crippen LogP contribution in [0.4, 0.5) is 0 Å². The highest BCUT2D eigenvalue weighted by Crippen LogP contribution is 2.22. The predicted molar refractivity (Wildman–Crippen MR) is 47.0 cm³/mol. The van der Waals surface area contributed by atoms with Gasteiger partial charge < -0.3 is 9.54 Å². The molecule has 1 unspecified atom stereocenters. The zero-order valence-corrected chi connectivity index (χ0v) is 7.87. The lowest BCUT2D eigenvalue weighted by Crippen LogP contribution is -2.28. The molecule has 0 saturated carbocycles. The van der Waals surface area contributed by atoms with Crippen LogP contribution >= 0.6 is 0 Å². The van der Waals surface area contributed by atoms with Crippen LogP contribution in [0.25, 0.3) is 0 Å². The average Bonchev–Trinajstić information content (AvgIpc) is 2.34. The van der Waals surface area contributed by atoms with Crippen LogP contribution in [-0.4, -0.2) is 14.3 Å². The number of hydrogen-bond acceptors (Lipinski definition) is 1. The average molecular weight is 171 g/mol. The molecule has 0 fully saturated rings. The lowest BCUT2D eigenvalue weighted by Gasteiger charge is -2.22. The second kappa shape index (κ2) is 2.91. The van der Waals surface area contributed by atoms with Crippen LogP contribution in [0.3, 0.4) is 0 Å². The molecule has 1 N–H and O–H groups in total. The zero-order valence-electron chi connectivity index (χ0n) is 7.05. The molecule has 0 aromatic carbocycles. The third-order valence-corrected chi connectivity index (χ3v) is 3.09. The molecule has 0 bridgehead atoms. The van der Waals surface area contributed by atoms with Gasteiger partial charge in [0.15, 0.2) is 0 Å². The summed E-state index contributed by atoms with van der Waals surface area (Å²) in [5.74, 6) is 0. The van der Waals surface area contributed by atoms with Crippen molar-refractivity contribution < 1.29 is 4.55 Å². The summed E-state index contributed by atoms with van der Waals surface area (Å²) < 4.78 is 11.4. The Labute approximate surface area is 70.2 Å². The van der Waals surface area contributed by atoms with Crippen molar-refractivity contribution in [3.63, 3.8) is 0 Å². The normalized spacial score (nSPS) is 14.9. The van der Waals surface area contributed by atoms with Gasteiger partial charge in [0.05, 0.1) is 0 Å². The Morgan fingerprint density at radius 2 is 2.09 bits per heavy atom. The van der Waals surface area contributed by atoms with Crippen molar-refractivity contribution in [3.8, 4) is 0 Å². The molecular weight excluding hydrogens is 158 g/mol. The molecule has 1 aromatic rings. The lowest BCUT2D eigenvalue weighted by molar-refractivity contribution is 0.556. The van der Waals surface area contributed by atoms with Crippen LogP contribution < -0.4 is 0 Å². The highest BCUT2D eigenvalue weighted by molar-refractivity contribution is 7.92. The first-order valence-corrected chi connectivity index (χ1v) is 4.72. The van der Waals surface area contributed by atoms with Crippen LogP contribution in [0.15, 0.2) is 23.4 Å². The summed E-state index contributed by atoms with van der Waals surface area (Å²) >= 11 is -0.925. The number of aromatic nitrogens is 1. The first-order valence-electron chi connectivity index (χ1n) is 3.57. The molecule has 1 heterocycles. The molecule has 1 aromatic heterocycles. The maximum Gasteiger partial charge on any atom is 0.223 e. The Balaban J connectivity index is 2.78. The largest absolute Gasteiger partial charge is 0.610 e. The van der Waals surface area contributed by atoms with Gasteiger partial charge in [-0.05, 0) is 26.8 Å². The predicted octanol–water partition coefficient (Wildman–Crippen LogP) is 1.92. The molecule has 3 heteroatoms. The SMILES string of the molecule is CC(C)(C)[S+]([O-])c1ccc[nH]1. The third kappa shape index (κ3) is 2.01. The van der Waals surface area contributed by atoms with Crippen molar-refractivity contribution in [2.45, 2.75) is 30.5 Å². The first-order chi connectivity index (χ1) is 5.02. The number of nitrogens with one attached hydrogen (secondary N) is 1. The fourth-order valence-electron chi connectivity index (χ4n) is 0.759. The van der Waals surface area contributed by atoms with E-state index < -0.39 is 11.2 Å². The van der Waals surface area contributed by atoms with E-state index in [-0.39, 0.29) is 4.75 Å². The summed E-state index contributed by atoms with van der Waals surface area (Å²) in [5, 5.41) is 0.803. The molecule has 0 spiro atoms. The highest BCUT2D eigenvalue weighted by Gasteiger charge is 2.28. The summed E-state index contributed by atoms with van der Waals surface area (Å²) in [6.07, 6.45) is 1.79. The topological polar surface area (TPSA) is 38.8 Å². The summed E-state index contributed by atoms with van der Waals surface area (Å²) in [4.78, 5) is 2.94. The Morgan fingerprint density at radius 1 is 1.45 bits per heavy atom. The molecule has 1 rings (SSSR count). The second-order valence-electron chi connectivity index (χ2n) is 3.42. The number of hydrogen-bond donors (Lipinski definition) is 1. The van der Waals surface area contributed by atoms with E-state index in [9.17, 15) is 4.55 Å². The molecule has 0 aliphatic heterocycles. The standard InChI is InChI=1S/C8H13NOS/c1-8(2,3)11(10)7-5-4-6-9-7/h4-6,9H,1-3H3. The molecule has 11 heavy (non-hydrogen) atoms. The van der Waals surface area contributed by atoms with Gasteiger partial charge in [0, 0.05) is 23.4 Å². The van der Waals surface area contributed by atoms with E-state index in [2.05, 4.69) is 4.98 Å². The minimum absolute atomic E-state index is 0.176. The van der Waals surface area contributed by atoms with Gasteiger partial charge >= 0.3 is 0 Å². The van der Waals surface area contributed by atoms with Gasteiger partial charge in [-0.15, -0.1) is 0 Å². The van der Waals surface area contributed by atoms with Crippen LogP contribution in [0, 0.1) is 0 Å². The quantitative estimate of drug-likeness (QED) is 0.644. The summed E-state index contributed by atoms with van der Waals surface area (Å²) in [7, 11) is 0. The van der Waals surface area contributed by atoms with Gasteiger partial charge in [-0.1, -0.05) is 0 Å². The smallest absolute Gasteiger partial charge is 0.223 e. The van der Waals surface area contributed by atoms with Crippen molar-refractivity contribution in [2.24, 2.45) is 0 Å². The number of rotatable bonds is 1. The maximum atomic E-state index is 11.6. The first kappa shape index (κ1) is 8.68. The highest BCUT2D eigenvalue weighted by atomic mass is 32.2. The monoisotopic (exact) mass is 171 g/mol. The molecule has 0 aliphatic rings. The lowest BCUT2D eigenvalue weighted by atomic mass is 10.3. The number of aromatic amines is 1. The van der Waals surface area contributed by atoms with Crippen LogP contribution in [0.1, 0.15) is 20.8 Å². The van der Waals surface area contributed by atoms with E-state index in [1.54, 1.807) is 6.20 Å². The van der Waals surface area contributed by atoms with E-state index in [0.717, 1.165) is 5.03 Å². The van der Waals surface area contributed by atoms with Crippen molar-refractivity contribution in [3.05, 3.63) is 18.3 Å². The van der Waals surface area contributed by atoms with Gasteiger partial charge in [-0.3, -0.25) is 0 Å². The Morgan fingerprint density at radius 3 is 2.45 bits per heavy atom. The Bertz CT molecular complexity index is 212. The zero-order chi connectivity index (χ0) is 8.48. The molecule has 2 nitrogen and oxygen atoms in total. The molecule has 0 saturated heterocycles. The molecular formula is C8H13NOS. The summed E-state index contributed by atoms with van der Waals surface area (Å²) in [6.45, 7) is 5.89. The fourth-order valence-corrected chi connectivity index (χ4v) is 1.80. The minimum atomic E-state index is -0.925. The summed E-state index contributed by atoms with van der Waals surface area (Å²) in [6, 6.07) is 3.71. The van der Waals surface area contributed by atoms with Gasteiger partial charge in [-0.2, -0.15) is 0 Å². The van der Waals surface area contributed by atoms with Gasteiger partial charge in [-0.25, -0.2) is 0 Å². The van der Waals surface area contributed by atoms with E-state index in [1.165, 1.54) is 0 Å². The van der Waals surface area contributed by atoms with E-state index in [0.29, 0.717) is 0 Å². The molecule has 0 amide bonds. The van der Waals surface area contributed by atoms with Crippen molar-refractivity contribution in [2.75, 3.05) is 0 Å². The van der Waals surface area contributed by atoms with E-state index in [4.69, 9.17) is 0 Å². The van der Waals surface area contributed by atoms with Crippen molar-refractivity contribution in [1.82, 2.24) is 4.98 Å². The molecule has 0 radical (unpaired) electrons. The second-order valence-corrected chi connectivity index (χ2v) is 5.62. The van der Waals surface area contributed by atoms with E-state index >= 15 is 0 Å².